The predicted octanol–water partition coefficient (Wildman–Crippen LogP) is 4.14. The minimum Gasteiger partial charge on any atom is -0.497 e. The van der Waals surface area contributed by atoms with E-state index in [4.69, 9.17) is 4.74 Å². The number of amides is 2. The van der Waals surface area contributed by atoms with E-state index in [1.54, 1.807) is 86.2 Å². The second-order valence-corrected chi connectivity index (χ2v) is 6.47. The van der Waals surface area contributed by atoms with Gasteiger partial charge in [0.25, 0.3) is 11.8 Å². The van der Waals surface area contributed by atoms with Crippen molar-refractivity contribution < 1.29 is 14.3 Å². The monoisotopic (exact) mass is 398 g/mol. The molecule has 0 fully saturated rings. The summed E-state index contributed by atoms with van der Waals surface area (Å²) in [6.07, 6.45) is 3.19. The molecule has 0 aliphatic carbocycles. The Morgan fingerprint density at radius 2 is 1.23 bits per heavy atom. The van der Waals surface area contributed by atoms with Crippen molar-refractivity contribution in [2.75, 3.05) is 17.7 Å². The van der Waals surface area contributed by atoms with Crippen molar-refractivity contribution >= 4 is 34.2 Å². The highest BCUT2D eigenvalue weighted by Gasteiger charge is 2.10. The molecule has 7 heteroatoms. The molecular weight excluding hydrogens is 380 g/mol. The number of hydrogen-bond donors (Lipinski definition) is 2. The van der Waals surface area contributed by atoms with E-state index in [-0.39, 0.29) is 11.8 Å². The molecule has 0 saturated heterocycles. The molecule has 1 heterocycles. The number of carbonyl (C=O) groups excluding carboxylic acids is 2. The number of nitrogens with zero attached hydrogens (tertiary/aromatic N) is 2. The average molecular weight is 398 g/mol. The zero-order valence-electron chi connectivity index (χ0n) is 16.1. The van der Waals surface area contributed by atoms with E-state index in [9.17, 15) is 9.59 Å². The summed E-state index contributed by atoms with van der Waals surface area (Å²) < 4.78 is 5.10. The van der Waals surface area contributed by atoms with Crippen LogP contribution in [-0.4, -0.2) is 28.9 Å². The molecular formula is C23H18N4O3. The maximum Gasteiger partial charge on any atom is 0.255 e. The van der Waals surface area contributed by atoms with Crippen LogP contribution in [0.2, 0.25) is 0 Å². The maximum atomic E-state index is 12.5. The molecule has 0 unspecified atom stereocenters. The Bertz CT molecular complexity index is 1210. The van der Waals surface area contributed by atoms with Gasteiger partial charge in [-0.3, -0.25) is 19.6 Å². The maximum absolute atomic E-state index is 12.5. The molecule has 0 saturated carbocycles. The van der Waals surface area contributed by atoms with E-state index in [2.05, 4.69) is 20.6 Å². The molecule has 0 spiro atoms. The number of hydrogen-bond acceptors (Lipinski definition) is 5. The molecule has 0 bridgehead atoms. The van der Waals surface area contributed by atoms with Crippen molar-refractivity contribution in [2.45, 2.75) is 0 Å². The molecule has 0 aliphatic rings. The molecule has 0 aliphatic heterocycles. The zero-order chi connectivity index (χ0) is 20.9. The van der Waals surface area contributed by atoms with Gasteiger partial charge in [-0.05, 0) is 66.7 Å². The van der Waals surface area contributed by atoms with Gasteiger partial charge in [-0.25, -0.2) is 0 Å². The first kappa shape index (κ1) is 19.1. The van der Waals surface area contributed by atoms with Crippen LogP contribution < -0.4 is 15.4 Å². The SMILES string of the molecule is COc1ccc(NC(=O)c2ccc(NC(=O)c3ccc4nccnc4c3)cc2)cc1. The van der Waals surface area contributed by atoms with Crippen LogP contribution in [0, 0.1) is 0 Å². The molecule has 4 rings (SSSR count). The summed E-state index contributed by atoms with van der Waals surface area (Å²) >= 11 is 0. The van der Waals surface area contributed by atoms with E-state index in [1.165, 1.54) is 0 Å². The molecule has 7 nitrogen and oxygen atoms in total. The molecule has 30 heavy (non-hydrogen) atoms. The number of benzene rings is 3. The fourth-order valence-electron chi connectivity index (χ4n) is 2.89. The third kappa shape index (κ3) is 4.25. The van der Waals surface area contributed by atoms with Crippen molar-refractivity contribution in [1.29, 1.82) is 0 Å². The van der Waals surface area contributed by atoms with Crippen molar-refractivity contribution in [3.8, 4) is 5.75 Å². The van der Waals surface area contributed by atoms with Crippen molar-refractivity contribution in [3.63, 3.8) is 0 Å². The molecule has 2 amide bonds. The van der Waals surface area contributed by atoms with Crippen LogP contribution >= 0.6 is 0 Å². The van der Waals surface area contributed by atoms with Crippen LogP contribution in [0.15, 0.2) is 79.1 Å². The summed E-state index contributed by atoms with van der Waals surface area (Å²) in [4.78, 5) is 33.3. The van der Waals surface area contributed by atoms with E-state index >= 15 is 0 Å². The Balaban J connectivity index is 1.42. The Kier molecular flexibility index (Phi) is 5.34. The molecule has 0 radical (unpaired) electrons. The summed E-state index contributed by atoms with van der Waals surface area (Å²) in [5, 5.41) is 5.64. The average Bonchev–Trinajstić information content (AvgIpc) is 2.79. The van der Waals surface area contributed by atoms with Crippen molar-refractivity contribution in [1.82, 2.24) is 9.97 Å². The Hall–Kier alpha value is -4.26. The normalized spacial score (nSPS) is 10.4. The van der Waals surface area contributed by atoms with Gasteiger partial charge < -0.3 is 15.4 Å². The topological polar surface area (TPSA) is 93.2 Å². The Labute approximate surface area is 172 Å². The number of ether oxygens (including phenoxy) is 1. The van der Waals surface area contributed by atoms with Gasteiger partial charge in [0, 0.05) is 34.9 Å². The van der Waals surface area contributed by atoms with Crippen LogP contribution in [0.1, 0.15) is 20.7 Å². The standard InChI is InChI=1S/C23H18N4O3/c1-30-19-9-7-18(8-10-19)26-22(28)15-2-5-17(6-3-15)27-23(29)16-4-11-20-21(14-16)25-13-12-24-20/h2-14H,1H3,(H,26,28)(H,27,29). The molecule has 1 aromatic heterocycles. The van der Waals surface area contributed by atoms with Gasteiger partial charge in [0.15, 0.2) is 0 Å². The van der Waals surface area contributed by atoms with Crippen LogP contribution in [0.25, 0.3) is 11.0 Å². The van der Waals surface area contributed by atoms with E-state index < -0.39 is 0 Å². The second kappa shape index (κ2) is 8.40. The number of methoxy groups -OCH3 is 1. The molecule has 3 aromatic carbocycles. The predicted molar refractivity (Wildman–Crippen MR) is 115 cm³/mol. The van der Waals surface area contributed by atoms with Crippen molar-refractivity contribution in [2.24, 2.45) is 0 Å². The summed E-state index contributed by atoms with van der Waals surface area (Å²) in [5.41, 5.74) is 3.57. The zero-order valence-corrected chi connectivity index (χ0v) is 16.1. The first-order valence-electron chi connectivity index (χ1n) is 9.20. The summed E-state index contributed by atoms with van der Waals surface area (Å²) in [5.74, 6) is 0.204. The van der Waals surface area contributed by atoms with Gasteiger partial charge in [-0.1, -0.05) is 0 Å². The minimum absolute atomic E-state index is 0.244. The van der Waals surface area contributed by atoms with E-state index in [1.807, 2.05) is 0 Å². The number of fused-ring (bicyclic) bond motifs is 1. The smallest absolute Gasteiger partial charge is 0.255 e. The third-order valence-corrected chi connectivity index (χ3v) is 4.48. The molecule has 4 aromatic rings. The van der Waals surface area contributed by atoms with Crippen LogP contribution in [0.4, 0.5) is 11.4 Å². The lowest BCUT2D eigenvalue weighted by Gasteiger charge is -2.08. The fourth-order valence-corrected chi connectivity index (χ4v) is 2.89. The van der Waals surface area contributed by atoms with Crippen molar-refractivity contribution in [3.05, 3.63) is 90.3 Å². The first-order valence-corrected chi connectivity index (χ1v) is 9.20. The van der Waals surface area contributed by atoms with Gasteiger partial charge in [0.2, 0.25) is 0 Å². The first-order chi connectivity index (χ1) is 14.6. The highest BCUT2D eigenvalue weighted by Crippen LogP contribution is 2.18. The summed E-state index contributed by atoms with van der Waals surface area (Å²) in [6.45, 7) is 0. The van der Waals surface area contributed by atoms with Crippen LogP contribution in [-0.2, 0) is 0 Å². The summed E-state index contributed by atoms with van der Waals surface area (Å²) in [6, 6.07) is 18.9. The number of anilines is 2. The van der Waals surface area contributed by atoms with Gasteiger partial charge >= 0.3 is 0 Å². The Morgan fingerprint density at radius 1 is 0.700 bits per heavy atom. The fraction of sp³-hybridized carbons (Fsp3) is 0.0435. The van der Waals surface area contributed by atoms with Gasteiger partial charge in [0.1, 0.15) is 5.75 Å². The minimum atomic E-state index is -0.266. The number of carbonyl (C=O) groups is 2. The largest absolute Gasteiger partial charge is 0.497 e. The van der Waals surface area contributed by atoms with Gasteiger partial charge in [-0.2, -0.15) is 0 Å². The molecule has 0 atom stereocenters. The van der Waals surface area contributed by atoms with E-state index in [0.717, 1.165) is 5.52 Å². The van der Waals surface area contributed by atoms with Crippen LogP contribution in [0.5, 0.6) is 5.75 Å². The number of rotatable bonds is 5. The lowest BCUT2D eigenvalue weighted by atomic mass is 10.1. The number of nitrogens with one attached hydrogen (secondary N) is 2. The highest BCUT2D eigenvalue weighted by atomic mass is 16.5. The Morgan fingerprint density at radius 3 is 1.87 bits per heavy atom. The summed E-state index contributed by atoms with van der Waals surface area (Å²) in [7, 11) is 1.59. The number of aromatic nitrogens is 2. The lowest BCUT2D eigenvalue weighted by molar-refractivity contribution is 0.102. The third-order valence-electron chi connectivity index (χ3n) is 4.48. The highest BCUT2D eigenvalue weighted by molar-refractivity contribution is 6.07. The van der Waals surface area contributed by atoms with E-state index in [0.29, 0.717) is 33.8 Å². The van der Waals surface area contributed by atoms with Gasteiger partial charge in [0.05, 0.1) is 18.1 Å². The second-order valence-electron chi connectivity index (χ2n) is 6.47. The molecule has 148 valence electrons. The quantitative estimate of drug-likeness (QED) is 0.527. The lowest BCUT2D eigenvalue weighted by Crippen LogP contribution is -2.13. The van der Waals surface area contributed by atoms with Crippen LogP contribution in [0.3, 0.4) is 0 Å². The molecule has 2 N–H and O–H groups in total. The van der Waals surface area contributed by atoms with Gasteiger partial charge in [-0.15, -0.1) is 0 Å².